The number of hydrogen-bond donors (Lipinski definition) is 2. The summed E-state index contributed by atoms with van der Waals surface area (Å²) in [5.74, 6) is 0. The molecule has 4 nitrogen and oxygen atoms in total. The van der Waals surface area contributed by atoms with Crippen molar-refractivity contribution in [3.8, 4) is 0 Å². The summed E-state index contributed by atoms with van der Waals surface area (Å²) in [6.45, 7) is 4.22. The van der Waals surface area contributed by atoms with Gasteiger partial charge in [0.1, 0.15) is 0 Å². The number of nitrogens with zero attached hydrogens (tertiary/aromatic N) is 2. The lowest BCUT2D eigenvalue weighted by atomic mass is 10.1. The minimum absolute atomic E-state index is 0.235. The third-order valence-electron chi connectivity index (χ3n) is 3.21. The van der Waals surface area contributed by atoms with E-state index in [1.54, 1.807) is 16.0 Å². The van der Waals surface area contributed by atoms with Gasteiger partial charge in [0, 0.05) is 35.8 Å². The van der Waals surface area contributed by atoms with E-state index in [-0.39, 0.29) is 18.2 Å². The van der Waals surface area contributed by atoms with E-state index >= 15 is 0 Å². The van der Waals surface area contributed by atoms with Crippen molar-refractivity contribution in [3.05, 3.63) is 40.3 Å². The monoisotopic (exact) mass is 279 g/mol. The SMILES string of the molecule is CC(CC(O)c1cccs1)NC(C)c1cnn(C)c1. The zero-order valence-electron chi connectivity index (χ0n) is 11.6. The van der Waals surface area contributed by atoms with Crippen molar-refractivity contribution in [1.82, 2.24) is 15.1 Å². The van der Waals surface area contributed by atoms with Crippen LogP contribution in [0.3, 0.4) is 0 Å². The average molecular weight is 279 g/mol. The second kappa shape index (κ2) is 6.32. The zero-order chi connectivity index (χ0) is 13.8. The van der Waals surface area contributed by atoms with E-state index in [1.807, 2.05) is 37.0 Å². The number of aliphatic hydroxyl groups excluding tert-OH is 1. The Kier molecular flexibility index (Phi) is 4.74. The van der Waals surface area contributed by atoms with E-state index in [0.29, 0.717) is 6.42 Å². The molecule has 0 aliphatic rings. The van der Waals surface area contributed by atoms with Crippen molar-refractivity contribution in [2.24, 2.45) is 7.05 Å². The summed E-state index contributed by atoms with van der Waals surface area (Å²) in [5.41, 5.74) is 1.17. The Balaban J connectivity index is 1.85. The fourth-order valence-electron chi connectivity index (χ4n) is 2.19. The molecule has 104 valence electrons. The molecule has 3 atom stereocenters. The van der Waals surface area contributed by atoms with Crippen LogP contribution in [0, 0.1) is 0 Å². The predicted molar refractivity (Wildman–Crippen MR) is 78.1 cm³/mol. The molecule has 3 unspecified atom stereocenters. The van der Waals surface area contributed by atoms with E-state index in [1.165, 1.54) is 5.56 Å². The summed E-state index contributed by atoms with van der Waals surface area (Å²) in [7, 11) is 1.92. The molecule has 2 heterocycles. The molecule has 5 heteroatoms. The third kappa shape index (κ3) is 3.89. The summed E-state index contributed by atoms with van der Waals surface area (Å²) in [5, 5.41) is 19.8. The van der Waals surface area contributed by atoms with Gasteiger partial charge in [0.25, 0.3) is 0 Å². The molecule has 0 radical (unpaired) electrons. The smallest absolute Gasteiger partial charge is 0.0896 e. The number of aryl methyl sites for hydroxylation is 1. The van der Waals surface area contributed by atoms with Gasteiger partial charge in [0.15, 0.2) is 0 Å². The fourth-order valence-corrected chi connectivity index (χ4v) is 2.91. The maximum atomic E-state index is 10.1. The minimum atomic E-state index is -0.386. The lowest BCUT2D eigenvalue weighted by Crippen LogP contribution is -2.30. The predicted octanol–water partition coefficient (Wildman–Crippen LogP) is 2.64. The molecule has 0 bridgehead atoms. The molecular formula is C14H21N3OS. The number of thiophene rings is 1. The van der Waals surface area contributed by atoms with Crippen LogP contribution in [0.5, 0.6) is 0 Å². The molecule has 0 aliphatic carbocycles. The van der Waals surface area contributed by atoms with Crippen LogP contribution in [0.4, 0.5) is 0 Å². The average Bonchev–Trinajstić information content (AvgIpc) is 2.98. The van der Waals surface area contributed by atoms with Crippen molar-refractivity contribution < 1.29 is 5.11 Å². The summed E-state index contributed by atoms with van der Waals surface area (Å²) >= 11 is 1.60. The number of aromatic nitrogens is 2. The highest BCUT2D eigenvalue weighted by atomic mass is 32.1. The Morgan fingerprint density at radius 3 is 2.84 bits per heavy atom. The van der Waals surface area contributed by atoms with Crippen molar-refractivity contribution >= 4 is 11.3 Å². The van der Waals surface area contributed by atoms with Crippen LogP contribution in [0.15, 0.2) is 29.9 Å². The minimum Gasteiger partial charge on any atom is -0.388 e. The Hall–Kier alpha value is -1.17. The van der Waals surface area contributed by atoms with E-state index in [4.69, 9.17) is 0 Å². The normalized spacial score (nSPS) is 16.2. The number of nitrogens with one attached hydrogen (secondary N) is 1. The van der Waals surface area contributed by atoms with E-state index < -0.39 is 0 Å². The zero-order valence-corrected chi connectivity index (χ0v) is 12.4. The molecule has 2 aromatic rings. The van der Waals surface area contributed by atoms with E-state index in [2.05, 4.69) is 24.3 Å². The summed E-state index contributed by atoms with van der Waals surface area (Å²) in [6, 6.07) is 4.43. The Morgan fingerprint density at radius 1 is 1.47 bits per heavy atom. The largest absolute Gasteiger partial charge is 0.388 e. The van der Waals surface area contributed by atoms with Crippen LogP contribution >= 0.6 is 11.3 Å². The van der Waals surface area contributed by atoms with Crippen LogP contribution in [0.1, 0.15) is 42.9 Å². The third-order valence-corrected chi connectivity index (χ3v) is 4.18. The molecule has 2 aromatic heterocycles. The van der Waals surface area contributed by atoms with Crippen LogP contribution in [0.2, 0.25) is 0 Å². The van der Waals surface area contributed by atoms with Gasteiger partial charge in [-0.05, 0) is 31.7 Å². The second-order valence-corrected chi connectivity index (χ2v) is 5.98. The van der Waals surface area contributed by atoms with Gasteiger partial charge in [-0.1, -0.05) is 6.07 Å². The van der Waals surface area contributed by atoms with Crippen molar-refractivity contribution in [2.45, 2.75) is 38.5 Å². The van der Waals surface area contributed by atoms with Crippen LogP contribution in [0.25, 0.3) is 0 Å². The lowest BCUT2D eigenvalue weighted by molar-refractivity contribution is 0.155. The standard InChI is InChI=1S/C14H21N3OS/c1-10(7-13(18)14-5-4-6-19-14)16-11(2)12-8-15-17(3)9-12/h4-6,8-11,13,16,18H,7H2,1-3H3. The molecule has 19 heavy (non-hydrogen) atoms. The topological polar surface area (TPSA) is 50.1 Å². The van der Waals surface area contributed by atoms with Gasteiger partial charge in [-0.25, -0.2) is 0 Å². The quantitative estimate of drug-likeness (QED) is 0.854. The summed E-state index contributed by atoms with van der Waals surface area (Å²) < 4.78 is 1.80. The van der Waals surface area contributed by atoms with Gasteiger partial charge in [-0.15, -0.1) is 11.3 Å². The van der Waals surface area contributed by atoms with Gasteiger partial charge < -0.3 is 10.4 Å². The molecule has 2 N–H and O–H groups in total. The summed E-state index contributed by atoms with van der Waals surface area (Å²) in [4.78, 5) is 1.03. The van der Waals surface area contributed by atoms with Crippen molar-refractivity contribution in [1.29, 1.82) is 0 Å². The van der Waals surface area contributed by atoms with Crippen LogP contribution in [-0.2, 0) is 7.05 Å². The maximum Gasteiger partial charge on any atom is 0.0896 e. The van der Waals surface area contributed by atoms with Gasteiger partial charge in [-0.2, -0.15) is 5.10 Å². The highest BCUT2D eigenvalue weighted by Gasteiger charge is 2.16. The van der Waals surface area contributed by atoms with Gasteiger partial charge in [-0.3, -0.25) is 4.68 Å². The van der Waals surface area contributed by atoms with Crippen molar-refractivity contribution in [3.63, 3.8) is 0 Å². The van der Waals surface area contributed by atoms with Gasteiger partial charge in [0.2, 0.25) is 0 Å². The number of rotatable bonds is 6. The fraction of sp³-hybridized carbons (Fsp3) is 0.500. The molecule has 0 fully saturated rings. The first-order valence-electron chi connectivity index (χ1n) is 6.52. The van der Waals surface area contributed by atoms with Crippen molar-refractivity contribution in [2.75, 3.05) is 0 Å². The highest BCUT2D eigenvalue weighted by Crippen LogP contribution is 2.23. The first-order valence-corrected chi connectivity index (χ1v) is 7.40. The molecular weight excluding hydrogens is 258 g/mol. The first kappa shape index (κ1) is 14.2. The summed E-state index contributed by atoms with van der Waals surface area (Å²) in [6.07, 6.45) is 4.22. The molecule has 0 amide bonds. The second-order valence-electron chi connectivity index (χ2n) is 5.00. The molecule has 0 aliphatic heterocycles. The molecule has 0 saturated carbocycles. The van der Waals surface area contributed by atoms with Gasteiger partial charge >= 0.3 is 0 Å². The first-order chi connectivity index (χ1) is 9.06. The molecule has 0 spiro atoms. The maximum absolute atomic E-state index is 10.1. The number of hydrogen-bond acceptors (Lipinski definition) is 4. The molecule has 2 rings (SSSR count). The number of aliphatic hydroxyl groups is 1. The van der Waals surface area contributed by atoms with E-state index in [0.717, 1.165) is 4.88 Å². The Labute approximate surface area is 118 Å². The molecule has 0 aromatic carbocycles. The highest BCUT2D eigenvalue weighted by molar-refractivity contribution is 7.10. The van der Waals surface area contributed by atoms with Crippen LogP contribution < -0.4 is 5.32 Å². The molecule has 0 saturated heterocycles. The Morgan fingerprint density at radius 2 is 2.26 bits per heavy atom. The van der Waals surface area contributed by atoms with E-state index in [9.17, 15) is 5.11 Å². The lowest BCUT2D eigenvalue weighted by Gasteiger charge is -2.21. The van der Waals surface area contributed by atoms with Gasteiger partial charge in [0.05, 0.1) is 12.3 Å². The van der Waals surface area contributed by atoms with Crippen LogP contribution in [-0.4, -0.2) is 20.9 Å². The Bertz CT molecular complexity index is 495.